The second-order valence-electron chi connectivity index (χ2n) is 3.18. The molecule has 1 fully saturated rings. The van der Waals surface area contributed by atoms with Crippen LogP contribution in [-0.4, -0.2) is 30.1 Å². The molecule has 0 unspecified atom stereocenters. The first kappa shape index (κ1) is 6.88. The van der Waals surface area contributed by atoms with Gasteiger partial charge in [0.15, 0.2) is 0 Å². The highest BCUT2D eigenvalue weighted by Crippen LogP contribution is 2.30. The van der Waals surface area contributed by atoms with Gasteiger partial charge in [0.25, 0.3) is 0 Å². The number of furan rings is 1. The Labute approximate surface area is 65.2 Å². The highest BCUT2D eigenvalue weighted by Gasteiger charge is 2.42. The quantitative estimate of drug-likeness (QED) is 0.635. The van der Waals surface area contributed by atoms with E-state index in [9.17, 15) is 5.11 Å². The van der Waals surface area contributed by atoms with Crippen molar-refractivity contribution in [1.29, 1.82) is 0 Å². The first-order valence-corrected chi connectivity index (χ1v) is 3.66. The van der Waals surface area contributed by atoms with Gasteiger partial charge in [0.05, 0.1) is 6.26 Å². The summed E-state index contributed by atoms with van der Waals surface area (Å²) in [6, 6.07) is 3.61. The summed E-state index contributed by atoms with van der Waals surface area (Å²) in [6.07, 6.45) is 1.59. The highest BCUT2D eigenvalue weighted by atomic mass is 16.4. The molecule has 60 valence electrons. The minimum Gasteiger partial charge on any atom is -0.466 e. The summed E-state index contributed by atoms with van der Waals surface area (Å²) in [5.74, 6) is 0.676. The summed E-state index contributed by atoms with van der Waals surface area (Å²) in [4.78, 5) is 2.04. The molecule has 0 spiro atoms. The average Bonchev–Trinajstić information content (AvgIpc) is 2.34. The van der Waals surface area contributed by atoms with Crippen molar-refractivity contribution in [2.45, 2.75) is 5.60 Å². The number of aliphatic hydroxyl groups is 1. The summed E-state index contributed by atoms with van der Waals surface area (Å²) in [7, 11) is 1.97. The number of β-amino-alcohol motifs (C(OH)–C–C–N with tert-alkyl or cyclic N) is 1. The van der Waals surface area contributed by atoms with Crippen LogP contribution in [0.3, 0.4) is 0 Å². The van der Waals surface area contributed by atoms with Gasteiger partial charge in [-0.2, -0.15) is 0 Å². The van der Waals surface area contributed by atoms with E-state index in [1.165, 1.54) is 0 Å². The van der Waals surface area contributed by atoms with Crippen molar-refractivity contribution in [3.8, 4) is 0 Å². The smallest absolute Gasteiger partial charge is 0.147 e. The van der Waals surface area contributed by atoms with Gasteiger partial charge >= 0.3 is 0 Å². The summed E-state index contributed by atoms with van der Waals surface area (Å²) >= 11 is 0. The topological polar surface area (TPSA) is 36.6 Å². The van der Waals surface area contributed by atoms with Crippen molar-refractivity contribution in [1.82, 2.24) is 4.90 Å². The van der Waals surface area contributed by atoms with Crippen molar-refractivity contribution in [3.05, 3.63) is 24.2 Å². The minimum atomic E-state index is -0.724. The average molecular weight is 153 g/mol. The lowest BCUT2D eigenvalue weighted by atomic mass is 9.92. The molecule has 1 aromatic rings. The normalized spacial score (nSPS) is 23.1. The van der Waals surface area contributed by atoms with Crippen LogP contribution in [0.1, 0.15) is 5.76 Å². The molecule has 1 aromatic heterocycles. The Morgan fingerprint density at radius 1 is 1.64 bits per heavy atom. The maximum atomic E-state index is 9.81. The van der Waals surface area contributed by atoms with Crippen LogP contribution in [0.15, 0.2) is 22.8 Å². The molecule has 0 bridgehead atoms. The van der Waals surface area contributed by atoms with Crippen LogP contribution in [0.25, 0.3) is 0 Å². The molecular weight excluding hydrogens is 142 g/mol. The van der Waals surface area contributed by atoms with E-state index < -0.39 is 5.60 Å². The van der Waals surface area contributed by atoms with E-state index in [0.29, 0.717) is 18.8 Å². The molecule has 0 amide bonds. The third-order valence-corrected chi connectivity index (χ3v) is 2.04. The number of rotatable bonds is 1. The Kier molecular flexibility index (Phi) is 1.31. The van der Waals surface area contributed by atoms with E-state index in [4.69, 9.17) is 4.42 Å². The second-order valence-corrected chi connectivity index (χ2v) is 3.18. The van der Waals surface area contributed by atoms with Crippen LogP contribution < -0.4 is 0 Å². The maximum Gasteiger partial charge on any atom is 0.147 e. The van der Waals surface area contributed by atoms with Gasteiger partial charge in [-0.25, -0.2) is 0 Å². The van der Waals surface area contributed by atoms with E-state index in [1.807, 2.05) is 18.0 Å². The van der Waals surface area contributed by atoms with Crippen LogP contribution >= 0.6 is 0 Å². The van der Waals surface area contributed by atoms with Crippen molar-refractivity contribution < 1.29 is 9.52 Å². The molecule has 0 radical (unpaired) electrons. The summed E-state index contributed by atoms with van der Waals surface area (Å²) < 4.78 is 5.11. The number of hydrogen-bond acceptors (Lipinski definition) is 3. The minimum absolute atomic E-state index is 0.667. The molecule has 1 aliphatic rings. The Bertz CT molecular complexity index is 237. The number of likely N-dealkylation sites (tertiary alicyclic amines) is 1. The van der Waals surface area contributed by atoms with Gasteiger partial charge in [-0.3, -0.25) is 4.90 Å². The Morgan fingerprint density at radius 2 is 2.36 bits per heavy atom. The molecule has 1 N–H and O–H groups in total. The third kappa shape index (κ3) is 0.968. The Morgan fingerprint density at radius 3 is 2.82 bits per heavy atom. The van der Waals surface area contributed by atoms with Crippen LogP contribution in [0.5, 0.6) is 0 Å². The van der Waals surface area contributed by atoms with Crippen molar-refractivity contribution >= 4 is 0 Å². The van der Waals surface area contributed by atoms with E-state index in [1.54, 1.807) is 12.3 Å². The largest absolute Gasteiger partial charge is 0.466 e. The number of likely N-dealkylation sites (N-methyl/N-ethyl adjacent to an activating group) is 1. The molecule has 0 aromatic carbocycles. The molecule has 2 heterocycles. The van der Waals surface area contributed by atoms with Gasteiger partial charge in [-0.15, -0.1) is 0 Å². The lowest BCUT2D eigenvalue weighted by Crippen LogP contribution is -2.57. The summed E-state index contributed by atoms with van der Waals surface area (Å²) in [5, 5.41) is 9.81. The molecule has 2 rings (SSSR count). The first-order chi connectivity index (χ1) is 5.21. The molecule has 1 aliphatic heterocycles. The number of hydrogen-bond donors (Lipinski definition) is 1. The first-order valence-electron chi connectivity index (χ1n) is 3.66. The van der Waals surface area contributed by atoms with Crippen molar-refractivity contribution in [3.63, 3.8) is 0 Å². The fourth-order valence-electron chi connectivity index (χ4n) is 1.55. The molecule has 3 heteroatoms. The van der Waals surface area contributed by atoms with Crippen LogP contribution in [0.2, 0.25) is 0 Å². The monoisotopic (exact) mass is 153 g/mol. The van der Waals surface area contributed by atoms with Gasteiger partial charge in [-0.05, 0) is 19.2 Å². The fraction of sp³-hybridized carbons (Fsp3) is 0.500. The van der Waals surface area contributed by atoms with Crippen molar-refractivity contribution in [2.24, 2.45) is 0 Å². The molecule has 0 saturated carbocycles. The molecule has 11 heavy (non-hydrogen) atoms. The van der Waals surface area contributed by atoms with Gasteiger partial charge < -0.3 is 9.52 Å². The fourth-order valence-corrected chi connectivity index (χ4v) is 1.55. The lowest BCUT2D eigenvalue weighted by Gasteiger charge is -2.42. The third-order valence-electron chi connectivity index (χ3n) is 2.04. The Balaban J connectivity index is 2.18. The maximum absolute atomic E-state index is 9.81. The molecule has 0 atom stereocenters. The van der Waals surface area contributed by atoms with Crippen LogP contribution in [0.4, 0.5) is 0 Å². The van der Waals surface area contributed by atoms with Gasteiger partial charge in [0.2, 0.25) is 0 Å². The number of nitrogens with zero attached hydrogens (tertiary/aromatic N) is 1. The van der Waals surface area contributed by atoms with Gasteiger partial charge in [-0.1, -0.05) is 0 Å². The second kappa shape index (κ2) is 2.09. The van der Waals surface area contributed by atoms with E-state index in [2.05, 4.69) is 0 Å². The van der Waals surface area contributed by atoms with E-state index in [-0.39, 0.29) is 0 Å². The van der Waals surface area contributed by atoms with Crippen molar-refractivity contribution in [2.75, 3.05) is 20.1 Å². The summed E-state index contributed by atoms with van der Waals surface area (Å²) in [6.45, 7) is 1.33. The highest BCUT2D eigenvalue weighted by molar-refractivity contribution is 5.14. The lowest BCUT2D eigenvalue weighted by molar-refractivity contribution is -0.105. The molecular formula is C8H11NO2. The standard InChI is InChI=1S/C8H11NO2/c1-9-5-8(10,6-9)7-3-2-4-11-7/h2-4,10H,5-6H2,1H3. The zero-order valence-electron chi connectivity index (χ0n) is 6.45. The Hall–Kier alpha value is -0.800. The van der Waals surface area contributed by atoms with Crippen LogP contribution in [0, 0.1) is 0 Å². The van der Waals surface area contributed by atoms with E-state index >= 15 is 0 Å². The van der Waals surface area contributed by atoms with Crippen LogP contribution in [-0.2, 0) is 5.60 Å². The zero-order valence-corrected chi connectivity index (χ0v) is 6.45. The van der Waals surface area contributed by atoms with Gasteiger partial charge in [0.1, 0.15) is 11.4 Å². The zero-order chi connectivity index (χ0) is 7.90. The molecule has 3 nitrogen and oxygen atoms in total. The van der Waals surface area contributed by atoms with E-state index in [0.717, 1.165) is 0 Å². The van der Waals surface area contributed by atoms with Gasteiger partial charge in [0, 0.05) is 13.1 Å². The molecule has 0 aliphatic carbocycles. The summed E-state index contributed by atoms with van der Waals surface area (Å²) in [5.41, 5.74) is -0.724. The molecule has 1 saturated heterocycles. The SMILES string of the molecule is CN1CC(O)(c2ccco2)C1. The predicted octanol–water partition coefficient (Wildman–Crippen LogP) is 0.413. The predicted molar refractivity (Wildman–Crippen MR) is 40.1 cm³/mol.